The van der Waals surface area contributed by atoms with Crippen molar-refractivity contribution < 1.29 is 44.3 Å². The second kappa shape index (κ2) is 8.97. The van der Waals surface area contributed by atoms with Gasteiger partial charge in [0.2, 0.25) is 5.91 Å². The van der Waals surface area contributed by atoms with Crippen molar-refractivity contribution in [2.45, 2.75) is 47.6 Å². The molecule has 0 bridgehead atoms. The summed E-state index contributed by atoms with van der Waals surface area (Å²) in [5.74, 6) is -0.326. The average molecular weight is 523 g/mol. The van der Waals surface area contributed by atoms with Crippen molar-refractivity contribution >= 4 is 15.7 Å². The van der Waals surface area contributed by atoms with Gasteiger partial charge in [0, 0.05) is 19.4 Å². The highest BCUT2D eigenvalue weighted by Gasteiger charge is 2.47. The molecule has 2 aliphatic heterocycles. The molecule has 1 amide bonds. The molecular formula is C21H19F6N3O4S. The fourth-order valence-electron chi connectivity index (χ4n) is 4.19. The summed E-state index contributed by atoms with van der Waals surface area (Å²) in [5, 5.41) is 1.50. The molecule has 0 saturated carbocycles. The van der Waals surface area contributed by atoms with Gasteiger partial charge in [-0.3, -0.25) is 10.1 Å². The van der Waals surface area contributed by atoms with Crippen LogP contribution in [0.3, 0.4) is 0 Å². The first-order valence-electron chi connectivity index (χ1n) is 10.4. The second-order valence-corrected chi connectivity index (χ2v) is 10.2. The Morgan fingerprint density at radius 3 is 2.26 bits per heavy atom. The van der Waals surface area contributed by atoms with Gasteiger partial charge in [-0.05, 0) is 36.4 Å². The van der Waals surface area contributed by atoms with E-state index >= 15 is 0 Å². The smallest absolute Gasteiger partial charge is 0.433 e. The van der Waals surface area contributed by atoms with E-state index in [0.717, 1.165) is 30.5 Å². The zero-order chi connectivity index (χ0) is 25.6. The van der Waals surface area contributed by atoms with E-state index in [1.165, 1.54) is 4.90 Å². The Morgan fingerprint density at radius 1 is 1.00 bits per heavy atom. The minimum Gasteiger partial charge on any atom is -0.487 e. The number of hydrogen-bond acceptors (Lipinski definition) is 6. The Balaban J connectivity index is 1.55. The number of carbonyl (C=O) groups is 1. The number of pyridine rings is 1. The lowest BCUT2D eigenvalue weighted by atomic mass is 10.2. The van der Waals surface area contributed by atoms with Crippen LogP contribution in [0.15, 0.2) is 47.5 Å². The maximum atomic E-state index is 13.3. The van der Waals surface area contributed by atoms with Crippen LogP contribution in [0.4, 0.5) is 26.3 Å². The standard InChI is InChI=1S/C21H19F6N3O4S/c22-20(23,24)12-1-4-15(5-2-12)35(32,33)19-16-9-14(11-30(16)18(31)7-8-28-19)34-13-3-6-17(29-10-13)21(25,26)27/h1-6,10,14,16,19,28H,7-9,11H2. The Morgan fingerprint density at radius 2 is 1.69 bits per heavy atom. The van der Waals surface area contributed by atoms with Crippen LogP contribution in [0.2, 0.25) is 0 Å². The van der Waals surface area contributed by atoms with Crippen LogP contribution >= 0.6 is 0 Å². The van der Waals surface area contributed by atoms with E-state index in [4.69, 9.17) is 4.74 Å². The van der Waals surface area contributed by atoms with Crippen LogP contribution in [-0.2, 0) is 27.0 Å². The molecule has 2 aliphatic rings. The molecule has 0 aliphatic carbocycles. The fraction of sp³-hybridized carbons (Fsp3) is 0.429. The maximum absolute atomic E-state index is 13.3. The number of amides is 1. The van der Waals surface area contributed by atoms with Gasteiger partial charge in [-0.1, -0.05) is 0 Å². The normalized spacial score (nSPS) is 23.7. The van der Waals surface area contributed by atoms with Crippen molar-refractivity contribution in [1.29, 1.82) is 0 Å². The summed E-state index contributed by atoms with van der Waals surface area (Å²) in [6, 6.07) is 4.00. The van der Waals surface area contributed by atoms with Crippen molar-refractivity contribution in [2.75, 3.05) is 13.1 Å². The Labute approximate surface area is 196 Å². The molecule has 1 aromatic carbocycles. The number of benzene rings is 1. The molecule has 3 atom stereocenters. The molecule has 2 fully saturated rings. The predicted octanol–water partition coefficient (Wildman–Crippen LogP) is 3.26. The highest BCUT2D eigenvalue weighted by atomic mass is 32.2. The number of carbonyl (C=O) groups excluding carboxylic acids is 1. The largest absolute Gasteiger partial charge is 0.487 e. The summed E-state index contributed by atoms with van der Waals surface area (Å²) in [5.41, 5.74) is -2.10. The van der Waals surface area contributed by atoms with Crippen molar-refractivity contribution in [3.05, 3.63) is 53.9 Å². The molecule has 0 radical (unpaired) electrons. The summed E-state index contributed by atoms with van der Waals surface area (Å²) in [4.78, 5) is 16.9. The number of halogens is 6. The monoisotopic (exact) mass is 523 g/mol. The lowest BCUT2D eigenvalue weighted by Gasteiger charge is -2.28. The first-order chi connectivity index (χ1) is 16.3. The lowest BCUT2D eigenvalue weighted by Crippen LogP contribution is -2.49. The van der Waals surface area contributed by atoms with Crippen LogP contribution in [0.25, 0.3) is 0 Å². The summed E-state index contributed by atoms with van der Waals surface area (Å²) in [7, 11) is -4.21. The third-order valence-electron chi connectivity index (χ3n) is 5.83. The summed E-state index contributed by atoms with van der Waals surface area (Å²) in [6.07, 6.45) is -9.07. The van der Waals surface area contributed by atoms with Crippen molar-refractivity contribution in [2.24, 2.45) is 0 Å². The molecule has 14 heteroatoms. The van der Waals surface area contributed by atoms with Crippen LogP contribution in [0.1, 0.15) is 24.1 Å². The van der Waals surface area contributed by atoms with Gasteiger partial charge in [0.05, 0.1) is 29.2 Å². The van der Waals surface area contributed by atoms with Gasteiger partial charge < -0.3 is 9.64 Å². The van der Waals surface area contributed by atoms with E-state index in [-0.39, 0.29) is 42.5 Å². The molecule has 3 unspecified atom stereocenters. The van der Waals surface area contributed by atoms with E-state index in [1.54, 1.807) is 0 Å². The topological polar surface area (TPSA) is 88.6 Å². The maximum Gasteiger partial charge on any atom is 0.433 e. The van der Waals surface area contributed by atoms with Crippen molar-refractivity contribution in [3.63, 3.8) is 0 Å². The van der Waals surface area contributed by atoms with Crippen LogP contribution in [0.5, 0.6) is 5.75 Å². The quantitative estimate of drug-likeness (QED) is 0.620. The molecular weight excluding hydrogens is 504 g/mol. The third kappa shape index (κ3) is 5.22. The van der Waals surface area contributed by atoms with Crippen molar-refractivity contribution in [3.8, 4) is 5.75 Å². The van der Waals surface area contributed by atoms with Gasteiger partial charge in [-0.15, -0.1) is 0 Å². The number of fused-ring (bicyclic) bond motifs is 1. The molecule has 0 spiro atoms. The minimum atomic E-state index is -4.63. The number of aromatic nitrogens is 1. The number of hydrogen-bond donors (Lipinski definition) is 1. The van der Waals surface area contributed by atoms with Crippen LogP contribution in [-0.4, -0.2) is 54.8 Å². The number of nitrogens with zero attached hydrogens (tertiary/aromatic N) is 2. The van der Waals surface area contributed by atoms with Crippen LogP contribution in [0, 0.1) is 0 Å². The summed E-state index contributed by atoms with van der Waals surface area (Å²) >= 11 is 0. The molecule has 190 valence electrons. The number of alkyl halides is 6. The Hall–Kier alpha value is -2.87. The molecule has 2 aromatic rings. The lowest BCUT2D eigenvalue weighted by molar-refractivity contribution is -0.141. The summed E-state index contributed by atoms with van der Waals surface area (Å²) in [6.45, 7) is 0.0376. The summed E-state index contributed by atoms with van der Waals surface area (Å²) < 4.78 is 109. The average Bonchev–Trinajstić information content (AvgIpc) is 3.12. The molecule has 1 N–H and O–H groups in total. The Bertz CT molecular complexity index is 1180. The highest BCUT2D eigenvalue weighted by molar-refractivity contribution is 7.92. The van der Waals surface area contributed by atoms with Gasteiger partial charge in [0.15, 0.2) is 9.84 Å². The van der Waals surface area contributed by atoms with Gasteiger partial charge in [-0.25, -0.2) is 13.4 Å². The highest BCUT2D eigenvalue weighted by Crippen LogP contribution is 2.34. The van der Waals surface area contributed by atoms with Gasteiger partial charge in [0.1, 0.15) is 22.9 Å². The molecule has 4 rings (SSSR count). The number of rotatable bonds is 4. The van der Waals surface area contributed by atoms with Crippen molar-refractivity contribution in [1.82, 2.24) is 15.2 Å². The molecule has 35 heavy (non-hydrogen) atoms. The number of sulfone groups is 1. The second-order valence-electron chi connectivity index (χ2n) is 8.16. The van der Waals surface area contributed by atoms with E-state index in [0.29, 0.717) is 12.1 Å². The predicted molar refractivity (Wildman–Crippen MR) is 109 cm³/mol. The van der Waals surface area contributed by atoms with E-state index < -0.39 is 51.0 Å². The number of ether oxygens (including phenoxy) is 1. The van der Waals surface area contributed by atoms with E-state index in [1.807, 2.05) is 0 Å². The first kappa shape index (κ1) is 25.2. The molecule has 2 saturated heterocycles. The van der Waals surface area contributed by atoms with Gasteiger partial charge >= 0.3 is 12.4 Å². The van der Waals surface area contributed by atoms with E-state index in [2.05, 4.69) is 10.3 Å². The fourth-order valence-corrected chi connectivity index (χ4v) is 6.01. The third-order valence-corrected chi connectivity index (χ3v) is 7.91. The van der Waals surface area contributed by atoms with Gasteiger partial charge in [-0.2, -0.15) is 26.3 Å². The first-order valence-corrected chi connectivity index (χ1v) is 12.0. The SMILES string of the molecule is O=C1CCNC(S(=O)(=O)c2ccc(C(F)(F)F)cc2)C2CC(Oc3ccc(C(F)(F)F)nc3)CN12. The number of nitrogens with one attached hydrogen (secondary N) is 1. The minimum absolute atomic E-state index is 0.00870. The molecule has 3 heterocycles. The Kier molecular flexibility index (Phi) is 6.47. The van der Waals surface area contributed by atoms with Gasteiger partial charge in [0.25, 0.3) is 0 Å². The molecule has 7 nitrogen and oxygen atoms in total. The zero-order valence-corrected chi connectivity index (χ0v) is 18.6. The molecule has 1 aromatic heterocycles. The van der Waals surface area contributed by atoms with E-state index in [9.17, 15) is 39.6 Å². The van der Waals surface area contributed by atoms with Crippen LogP contribution < -0.4 is 10.1 Å². The zero-order valence-electron chi connectivity index (χ0n) is 17.8.